The van der Waals surface area contributed by atoms with Crippen molar-refractivity contribution >= 4 is 5.78 Å². The molecule has 0 N–H and O–H groups in total. The second-order valence-corrected chi connectivity index (χ2v) is 3.00. The number of carbonyl (C=O) groups excluding carboxylic acids is 1. The molecule has 0 aliphatic rings. The lowest BCUT2D eigenvalue weighted by molar-refractivity contribution is 0.0995. The van der Waals surface area contributed by atoms with Crippen LogP contribution in [0.5, 0.6) is 0 Å². The van der Waals surface area contributed by atoms with Crippen LogP contribution in [0.4, 0.5) is 0 Å². The molecule has 5 heteroatoms. The molecule has 5 nitrogen and oxygen atoms in total. The number of furan rings is 1. The van der Waals surface area contributed by atoms with Crippen LogP contribution < -0.4 is 0 Å². The molecule has 0 aliphatic carbocycles. The van der Waals surface area contributed by atoms with Gasteiger partial charge in [0.05, 0.1) is 0 Å². The summed E-state index contributed by atoms with van der Waals surface area (Å²) in [7, 11) is 1.71. The molecule has 2 heterocycles. The van der Waals surface area contributed by atoms with Crippen LogP contribution in [0.2, 0.25) is 0 Å². The van der Waals surface area contributed by atoms with E-state index >= 15 is 0 Å². The molecule has 0 atom stereocenters. The van der Waals surface area contributed by atoms with Gasteiger partial charge in [0, 0.05) is 7.05 Å². The molecule has 0 aromatic carbocycles. The molecule has 14 heavy (non-hydrogen) atoms. The van der Waals surface area contributed by atoms with E-state index in [4.69, 9.17) is 4.42 Å². The predicted octanol–water partition coefficient (Wildman–Crippen LogP) is 0.948. The standard InChI is InChI=1S/C9H9N3O2/c1-6-3-4-7(14-6)8(13)9-11-10-5-12(9)2/h3-5H,1-2H3. The number of hydrogen-bond donors (Lipinski definition) is 0. The first kappa shape index (κ1) is 8.68. The maximum atomic E-state index is 11.7. The summed E-state index contributed by atoms with van der Waals surface area (Å²) in [5.74, 6) is 1.02. The Bertz CT molecular complexity index is 470. The average molecular weight is 191 g/mol. The molecule has 2 rings (SSSR count). The van der Waals surface area contributed by atoms with Gasteiger partial charge in [-0.2, -0.15) is 0 Å². The number of ketones is 1. The fourth-order valence-electron chi connectivity index (χ4n) is 1.16. The summed E-state index contributed by atoms with van der Waals surface area (Å²) in [4.78, 5) is 11.7. The van der Waals surface area contributed by atoms with Crippen LogP contribution in [0.3, 0.4) is 0 Å². The Morgan fingerprint density at radius 1 is 1.50 bits per heavy atom. The molecule has 72 valence electrons. The first-order chi connectivity index (χ1) is 6.68. The molecular weight excluding hydrogens is 182 g/mol. The maximum Gasteiger partial charge on any atom is 0.265 e. The van der Waals surface area contributed by atoms with Crippen molar-refractivity contribution in [2.24, 2.45) is 7.05 Å². The van der Waals surface area contributed by atoms with E-state index in [0.29, 0.717) is 11.5 Å². The Balaban J connectivity index is 2.38. The predicted molar refractivity (Wildman–Crippen MR) is 47.9 cm³/mol. The second-order valence-electron chi connectivity index (χ2n) is 3.00. The summed E-state index contributed by atoms with van der Waals surface area (Å²) in [5, 5.41) is 7.33. The minimum absolute atomic E-state index is 0.252. The highest BCUT2D eigenvalue weighted by atomic mass is 16.3. The molecule has 0 aliphatic heterocycles. The number of aryl methyl sites for hydroxylation is 2. The first-order valence-corrected chi connectivity index (χ1v) is 4.13. The third-order valence-corrected chi connectivity index (χ3v) is 1.88. The zero-order valence-corrected chi connectivity index (χ0v) is 7.89. The van der Waals surface area contributed by atoms with E-state index < -0.39 is 0 Å². The monoisotopic (exact) mass is 191 g/mol. The van der Waals surface area contributed by atoms with Crippen LogP contribution in [-0.2, 0) is 7.05 Å². The Hall–Kier alpha value is -1.91. The Kier molecular flexibility index (Phi) is 1.92. The topological polar surface area (TPSA) is 60.9 Å². The molecule has 0 spiro atoms. The molecule has 2 aromatic heterocycles. The molecule has 0 fully saturated rings. The maximum absolute atomic E-state index is 11.7. The van der Waals surface area contributed by atoms with Crippen LogP contribution in [0.25, 0.3) is 0 Å². The lowest BCUT2D eigenvalue weighted by Crippen LogP contribution is -2.07. The summed E-state index contributed by atoms with van der Waals surface area (Å²) in [6.07, 6.45) is 1.48. The van der Waals surface area contributed by atoms with E-state index in [2.05, 4.69) is 10.2 Å². The summed E-state index contributed by atoms with van der Waals surface area (Å²) >= 11 is 0. The van der Waals surface area contributed by atoms with Gasteiger partial charge in [-0.1, -0.05) is 0 Å². The minimum Gasteiger partial charge on any atom is -0.458 e. The summed E-state index contributed by atoms with van der Waals surface area (Å²) in [6.45, 7) is 1.79. The lowest BCUT2D eigenvalue weighted by Gasteiger charge is -1.95. The van der Waals surface area contributed by atoms with Crippen molar-refractivity contribution in [1.29, 1.82) is 0 Å². The Morgan fingerprint density at radius 3 is 2.79 bits per heavy atom. The number of rotatable bonds is 2. The van der Waals surface area contributed by atoms with Crippen molar-refractivity contribution in [2.45, 2.75) is 6.92 Å². The van der Waals surface area contributed by atoms with Crippen molar-refractivity contribution in [3.8, 4) is 0 Å². The summed E-state index contributed by atoms with van der Waals surface area (Å²) < 4.78 is 6.75. The first-order valence-electron chi connectivity index (χ1n) is 4.13. The van der Waals surface area contributed by atoms with Crippen molar-refractivity contribution < 1.29 is 9.21 Å². The number of aromatic nitrogens is 3. The highest BCUT2D eigenvalue weighted by Crippen LogP contribution is 2.10. The molecule has 0 unspecified atom stereocenters. The van der Waals surface area contributed by atoms with Gasteiger partial charge in [-0.05, 0) is 19.1 Å². The zero-order chi connectivity index (χ0) is 10.1. The van der Waals surface area contributed by atoms with Crippen molar-refractivity contribution in [3.63, 3.8) is 0 Å². The Morgan fingerprint density at radius 2 is 2.29 bits per heavy atom. The Labute approximate surface area is 80.4 Å². The highest BCUT2D eigenvalue weighted by molar-refractivity contribution is 6.04. The van der Waals surface area contributed by atoms with Gasteiger partial charge in [-0.15, -0.1) is 10.2 Å². The van der Waals surface area contributed by atoms with Crippen LogP contribution in [0.15, 0.2) is 22.9 Å². The third kappa shape index (κ3) is 1.32. The lowest BCUT2D eigenvalue weighted by atomic mass is 10.3. The normalized spacial score (nSPS) is 10.4. The van der Waals surface area contributed by atoms with E-state index in [-0.39, 0.29) is 11.6 Å². The fraction of sp³-hybridized carbons (Fsp3) is 0.222. The van der Waals surface area contributed by atoms with Crippen LogP contribution in [-0.4, -0.2) is 20.5 Å². The van der Waals surface area contributed by atoms with Crippen LogP contribution >= 0.6 is 0 Å². The molecule has 0 saturated heterocycles. The molecule has 0 saturated carbocycles. The summed E-state index contributed by atoms with van der Waals surface area (Å²) in [6, 6.07) is 3.37. The van der Waals surface area contributed by atoms with Crippen molar-refractivity contribution in [3.05, 3.63) is 35.8 Å². The van der Waals surface area contributed by atoms with Gasteiger partial charge in [-0.25, -0.2) is 0 Å². The molecule has 0 amide bonds. The number of nitrogens with zero attached hydrogens (tertiary/aromatic N) is 3. The number of hydrogen-bond acceptors (Lipinski definition) is 4. The average Bonchev–Trinajstić information content (AvgIpc) is 2.73. The zero-order valence-electron chi connectivity index (χ0n) is 7.89. The van der Waals surface area contributed by atoms with Crippen molar-refractivity contribution in [1.82, 2.24) is 14.8 Å². The minimum atomic E-state index is -0.252. The van der Waals surface area contributed by atoms with Crippen LogP contribution in [0.1, 0.15) is 22.1 Å². The quantitative estimate of drug-likeness (QED) is 0.663. The smallest absolute Gasteiger partial charge is 0.265 e. The third-order valence-electron chi connectivity index (χ3n) is 1.88. The van der Waals surface area contributed by atoms with Gasteiger partial charge in [-0.3, -0.25) is 4.79 Å². The molecule has 2 aromatic rings. The molecular formula is C9H9N3O2. The van der Waals surface area contributed by atoms with Gasteiger partial charge < -0.3 is 8.98 Å². The van der Waals surface area contributed by atoms with E-state index in [1.807, 2.05) is 0 Å². The second kappa shape index (κ2) is 3.10. The van der Waals surface area contributed by atoms with E-state index in [1.165, 1.54) is 6.33 Å². The van der Waals surface area contributed by atoms with Crippen LogP contribution in [0, 0.1) is 6.92 Å². The van der Waals surface area contributed by atoms with E-state index in [0.717, 1.165) is 0 Å². The highest BCUT2D eigenvalue weighted by Gasteiger charge is 2.17. The van der Waals surface area contributed by atoms with Gasteiger partial charge in [0.1, 0.15) is 12.1 Å². The number of carbonyl (C=O) groups is 1. The molecule has 0 bridgehead atoms. The SMILES string of the molecule is Cc1ccc(C(=O)c2nncn2C)o1. The van der Waals surface area contributed by atoms with Crippen molar-refractivity contribution in [2.75, 3.05) is 0 Å². The van der Waals surface area contributed by atoms with E-state index in [9.17, 15) is 4.79 Å². The van der Waals surface area contributed by atoms with E-state index in [1.54, 1.807) is 30.7 Å². The van der Waals surface area contributed by atoms with Gasteiger partial charge in [0.2, 0.25) is 5.82 Å². The molecule has 0 radical (unpaired) electrons. The fourth-order valence-corrected chi connectivity index (χ4v) is 1.16. The largest absolute Gasteiger partial charge is 0.458 e. The summed E-state index contributed by atoms with van der Waals surface area (Å²) in [5.41, 5.74) is 0. The van der Waals surface area contributed by atoms with Gasteiger partial charge >= 0.3 is 0 Å². The van der Waals surface area contributed by atoms with Gasteiger partial charge in [0.25, 0.3) is 5.78 Å². The van der Waals surface area contributed by atoms with Gasteiger partial charge in [0.15, 0.2) is 5.76 Å².